The van der Waals surface area contributed by atoms with Gasteiger partial charge in [0, 0.05) is 0 Å². The van der Waals surface area contributed by atoms with Gasteiger partial charge in [-0.3, -0.25) is 4.79 Å². The second-order valence-electron chi connectivity index (χ2n) is 6.04. The van der Waals surface area contributed by atoms with Crippen molar-refractivity contribution in [3.05, 3.63) is 53.5 Å². The molecule has 1 atom stereocenters. The quantitative estimate of drug-likeness (QED) is 0.773. The molecule has 25 heavy (non-hydrogen) atoms. The summed E-state index contributed by atoms with van der Waals surface area (Å²) in [6.07, 6.45) is 0.103. The second kappa shape index (κ2) is 7.40. The molecule has 0 bridgehead atoms. The van der Waals surface area contributed by atoms with Crippen LogP contribution in [0.5, 0.6) is 5.75 Å². The number of benzene rings is 1. The molecule has 1 aromatic heterocycles. The molecule has 0 radical (unpaired) electrons. The number of aliphatic hydroxyl groups is 1. The fourth-order valence-electron chi connectivity index (χ4n) is 2.28. The van der Waals surface area contributed by atoms with Gasteiger partial charge in [0.05, 0.1) is 24.9 Å². The van der Waals surface area contributed by atoms with Crippen molar-refractivity contribution in [2.45, 2.75) is 26.6 Å². The fraction of sp³-hybridized carbons (Fsp3) is 0.333. The largest absolute Gasteiger partial charge is 0.508 e. The van der Waals surface area contributed by atoms with Gasteiger partial charge in [-0.1, -0.05) is 12.1 Å². The van der Waals surface area contributed by atoms with E-state index in [0.29, 0.717) is 5.56 Å². The Balaban J connectivity index is 2.09. The summed E-state index contributed by atoms with van der Waals surface area (Å²) in [5.74, 6) is -1.14. The van der Waals surface area contributed by atoms with Crippen molar-refractivity contribution in [3.8, 4) is 5.75 Å². The minimum atomic E-state index is -1.29. The molecule has 2 aromatic rings. The molecule has 7 nitrogen and oxygen atoms in total. The second-order valence-corrected chi connectivity index (χ2v) is 6.04. The Morgan fingerprint density at radius 2 is 2.00 bits per heavy atom. The molecule has 7 heteroatoms. The molecule has 1 heterocycles. The molecule has 0 saturated carbocycles. The van der Waals surface area contributed by atoms with Crippen LogP contribution in [0.3, 0.4) is 0 Å². The van der Waals surface area contributed by atoms with E-state index in [-0.39, 0.29) is 23.7 Å². The number of methoxy groups -OCH3 is 1. The van der Waals surface area contributed by atoms with Gasteiger partial charge in [0.2, 0.25) is 0 Å². The summed E-state index contributed by atoms with van der Waals surface area (Å²) >= 11 is 0. The topological polar surface area (TPSA) is 106 Å². The lowest BCUT2D eigenvalue weighted by molar-refractivity contribution is -0.163. The van der Waals surface area contributed by atoms with E-state index in [2.05, 4.69) is 4.74 Å². The first-order valence-electron chi connectivity index (χ1n) is 7.56. The highest BCUT2D eigenvalue weighted by molar-refractivity contribution is 5.90. The average molecular weight is 348 g/mol. The van der Waals surface area contributed by atoms with Gasteiger partial charge in [0.25, 0.3) is 0 Å². The number of hydrogen-bond donors (Lipinski definition) is 2. The predicted molar refractivity (Wildman–Crippen MR) is 86.7 cm³/mol. The molecule has 0 unspecified atom stereocenters. The van der Waals surface area contributed by atoms with Gasteiger partial charge in [-0.15, -0.1) is 0 Å². The number of carbonyl (C=O) groups excluding carboxylic acids is 2. The van der Waals surface area contributed by atoms with Crippen LogP contribution >= 0.6 is 0 Å². The van der Waals surface area contributed by atoms with Gasteiger partial charge in [0.1, 0.15) is 17.9 Å². The first-order chi connectivity index (χ1) is 11.8. The summed E-state index contributed by atoms with van der Waals surface area (Å²) in [5.41, 5.74) is -0.733. The third-order valence-corrected chi connectivity index (χ3v) is 3.88. The number of aromatic hydroxyl groups is 1. The Morgan fingerprint density at radius 1 is 1.28 bits per heavy atom. The third kappa shape index (κ3) is 4.00. The van der Waals surface area contributed by atoms with Crippen LogP contribution in [0.2, 0.25) is 0 Å². The number of hydrogen-bond acceptors (Lipinski definition) is 7. The molecule has 1 aromatic carbocycles. The average Bonchev–Trinajstić information content (AvgIpc) is 3.06. The van der Waals surface area contributed by atoms with E-state index in [9.17, 15) is 19.8 Å². The Labute approximate surface area is 144 Å². The van der Waals surface area contributed by atoms with Crippen LogP contribution in [-0.4, -0.2) is 29.3 Å². The lowest BCUT2D eigenvalue weighted by Crippen LogP contribution is -2.33. The standard InChI is InChI=1S/C18H20O7/c1-18(2,15(20)11-5-4-6-12(19)9-11)17(22)25-10-14-13(7-8-24-14)16(21)23-3/h4-9,15,19-20H,10H2,1-3H3/t15-/m0/s1. The van der Waals surface area contributed by atoms with Gasteiger partial charge in [-0.25, -0.2) is 4.79 Å². The Bertz CT molecular complexity index is 760. The lowest BCUT2D eigenvalue weighted by Gasteiger charge is -2.28. The monoisotopic (exact) mass is 348 g/mol. The zero-order valence-electron chi connectivity index (χ0n) is 14.2. The third-order valence-electron chi connectivity index (χ3n) is 3.88. The van der Waals surface area contributed by atoms with Crippen LogP contribution in [0.1, 0.15) is 41.6 Å². The van der Waals surface area contributed by atoms with Crippen LogP contribution in [-0.2, 0) is 20.9 Å². The van der Waals surface area contributed by atoms with Crippen molar-refractivity contribution >= 4 is 11.9 Å². The molecule has 0 saturated heterocycles. The number of ether oxygens (including phenoxy) is 2. The number of phenolic OH excluding ortho intramolecular Hbond substituents is 1. The molecule has 2 N–H and O–H groups in total. The molecule has 0 spiro atoms. The van der Waals surface area contributed by atoms with Crippen molar-refractivity contribution in [1.29, 1.82) is 0 Å². The van der Waals surface area contributed by atoms with E-state index in [1.165, 1.54) is 45.4 Å². The maximum atomic E-state index is 12.4. The predicted octanol–water partition coefficient (Wildman–Crippen LogP) is 2.57. The first-order valence-corrected chi connectivity index (χ1v) is 7.56. The number of esters is 2. The van der Waals surface area contributed by atoms with Crippen molar-refractivity contribution in [1.82, 2.24) is 0 Å². The smallest absolute Gasteiger partial charge is 0.341 e. The number of furan rings is 1. The summed E-state index contributed by atoms with van der Waals surface area (Å²) in [4.78, 5) is 24.0. The van der Waals surface area contributed by atoms with E-state index in [1.807, 2.05) is 0 Å². The first kappa shape index (κ1) is 18.5. The van der Waals surface area contributed by atoms with Crippen molar-refractivity contribution < 1.29 is 33.7 Å². The highest BCUT2D eigenvalue weighted by atomic mass is 16.5. The molecular formula is C18H20O7. The van der Waals surface area contributed by atoms with Gasteiger partial charge < -0.3 is 24.1 Å². The van der Waals surface area contributed by atoms with Crippen molar-refractivity contribution in [3.63, 3.8) is 0 Å². The molecule has 0 aliphatic carbocycles. The van der Waals surface area contributed by atoms with Crippen molar-refractivity contribution in [2.75, 3.05) is 7.11 Å². The summed E-state index contributed by atoms with van der Waals surface area (Å²) in [6.45, 7) is 2.77. The highest BCUT2D eigenvalue weighted by Crippen LogP contribution is 2.35. The maximum Gasteiger partial charge on any atom is 0.341 e. The zero-order valence-corrected chi connectivity index (χ0v) is 14.2. The van der Waals surface area contributed by atoms with E-state index < -0.39 is 23.5 Å². The Morgan fingerprint density at radius 3 is 2.64 bits per heavy atom. The summed E-state index contributed by atoms with van der Waals surface area (Å²) in [7, 11) is 1.24. The number of phenols is 1. The van der Waals surface area contributed by atoms with E-state index >= 15 is 0 Å². The molecule has 134 valence electrons. The SMILES string of the molecule is COC(=O)c1ccoc1COC(=O)C(C)(C)[C@@H](O)c1cccc(O)c1. The van der Waals surface area contributed by atoms with Gasteiger partial charge in [-0.05, 0) is 37.6 Å². The van der Waals surface area contributed by atoms with Crippen LogP contribution in [0, 0.1) is 5.41 Å². The number of carbonyl (C=O) groups is 2. The highest BCUT2D eigenvalue weighted by Gasteiger charge is 2.38. The maximum absolute atomic E-state index is 12.4. The minimum absolute atomic E-state index is 0.0148. The molecular weight excluding hydrogens is 328 g/mol. The fourth-order valence-corrected chi connectivity index (χ4v) is 2.28. The van der Waals surface area contributed by atoms with Crippen LogP contribution in [0.4, 0.5) is 0 Å². The van der Waals surface area contributed by atoms with Crippen LogP contribution < -0.4 is 0 Å². The van der Waals surface area contributed by atoms with E-state index in [0.717, 1.165) is 0 Å². The molecule has 0 amide bonds. The molecule has 2 rings (SSSR count). The molecule has 0 aliphatic heterocycles. The Hall–Kier alpha value is -2.80. The van der Waals surface area contributed by atoms with Crippen molar-refractivity contribution in [2.24, 2.45) is 5.41 Å². The lowest BCUT2D eigenvalue weighted by atomic mass is 9.82. The normalized spacial score (nSPS) is 12.5. The van der Waals surface area contributed by atoms with E-state index in [4.69, 9.17) is 9.15 Å². The van der Waals surface area contributed by atoms with Crippen LogP contribution in [0.15, 0.2) is 41.0 Å². The summed E-state index contributed by atoms with van der Waals surface area (Å²) in [5, 5.41) is 20.0. The summed E-state index contributed by atoms with van der Waals surface area (Å²) < 4.78 is 14.9. The zero-order chi connectivity index (χ0) is 18.6. The van der Waals surface area contributed by atoms with E-state index in [1.54, 1.807) is 12.1 Å². The molecule has 0 aliphatic rings. The number of rotatable bonds is 6. The summed E-state index contributed by atoms with van der Waals surface area (Å²) in [6, 6.07) is 7.43. The molecule has 0 fully saturated rings. The van der Waals surface area contributed by atoms with Gasteiger partial charge >= 0.3 is 11.9 Å². The minimum Gasteiger partial charge on any atom is -0.508 e. The van der Waals surface area contributed by atoms with Gasteiger partial charge in [-0.2, -0.15) is 0 Å². The van der Waals surface area contributed by atoms with Gasteiger partial charge in [0.15, 0.2) is 5.76 Å². The van der Waals surface area contributed by atoms with Crippen LogP contribution in [0.25, 0.3) is 0 Å². The Kier molecular flexibility index (Phi) is 5.48. The number of aliphatic hydroxyl groups excluding tert-OH is 1.